The zero-order valence-corrected chi connectivity index (χ0v) is 22.6. The summed E-state index contributed by atoms with van der Waals surface area (Å²) in [7, 11) is 0. The van der Waals surface area contributed by atoms with Gasteiger partial charge in [-0.05, 0) is 58.2 Å². The van der Waals surface area contributed by atoms with E-state index in [2.05, 4.69) is 15.9 Å². The van der Waals surface area contributed by atoms with Crippen molar-refractivity contribution >= 4 is 56.9 Å². The van der Waals surface area contributed by atoms with Gasteiger partial charge in [0.15, 0.2) is 0 Å². The van der Waals surface area contributed by atoms with Crippen LogP contribution in [0.2, 0.25) is 10.0 Å². The molecule has 2 aromatic carbocycles. The molecule has 3 nitrogen and oxygen atoms in total. The maximum absolute atomic E-state index is 13.7. The first kappa shape index (κ1) is 33.0. The summed E-state index contributed by atoms with van der Waals surface area (Å²) in [6, 6.07) is 2.86. The van der Waals surface area contributed by atoms with Gasteiger partial charge in [0.05, 0.1) is 31.6 Å². The van der Waals surface area contributed by atoms with Gasteiger partial charge in [0.1, 0.15) is 12.2 Å². The average molecular weight is 673 g/mol. The second-order valence-electron chi connectivity index (χ2n) is 8.39. The van der Waals surface area contributed by atoms with E-state index in [1.807, 2.05) is 5.32 Å². The lowest BCUT2D eigenvalue weighted by Crippen LogP contribution is -2.36. The number of benzene rings is 2. The van der Waals surface area contributed by atoms with Gasteiger partial charge in [-0.3, -0.25) is 9.59 Å². The van der Waals surface area contributed by atoms with Crippen molar-refractivity contribution in [3.8, 4) is 0 Å². The first-order chi connectivity index (χ1) is 17.7. The van der Waals surface area contributed by atoms with Crippen molar-refractivity contribution in [1.29, 1.82) is 0 Å². The number of hydrogen-bond acceptors (Lipinski definition) is 2. The summed E-state index contributed by atoms with van der Waals surface area (Å²) in [5.41, 5.74) is -3.16. The normalized spacial score (nSPS) is 14.4. The molecule has 1 amide bonds. The second-order valence-corrected chi connectivity index (χ2v) is 10.00. The molecule has 0 aliphatic carbocycles. The minimum Gasteiger partial charge on any atom is -0.349 e. The Bertz CT molecular complexity index is 1230. The maximum atomic E-state index is 13.7. The third-order valence-electron chi connectivity index (χ3n) is 5.10. The number of hydrogen-bond donors (Lipinski definition) is 1. The van der Waals surface area contributed by atoms with Gasteiger partial charge in [0.25, 0.3) is 5.91 Å². The molecular formula is C24H17BrCl2F9NO2. The molecule has 0 aromatic heterocycles. The van der Waals surface area contributed by atoms with E-state index in [1.165, 1.54) is 0 Å². The topological polar surface area (TPSA) is 46.2 Å². The summed E-state index contributed by atoms with van der Waals surface area (Å²) in [5.74, 6) is -4.91. The van der Waals surface area contributed by atoms with Crippen molar-refractivity contribution in [2.45, 2.75) is 50.3 Å². The van der Waals surface area contributed by atoms with Gasteiger partial charge in [0, 0.05) is 12.5 Å². The Labute approximate surface area is 234 Å². The molecule has 0 spiro atoms. The summed E-state index contributed by atoms with van der Waals surface area (Å²) >= 11 is 14.8. The molecule has 2 aromatic rings. The highest BCUT2D eigenvalue weighted by Crippen LogP contribution is 2.41. The molecule has 39 heavy (non-hydrogen) atoms. The van der Waals surface area contributed by atoms with E-state index in [0.29, 0.717) is 18.2 Å². The Morgan fingerprint density at radius 1 is 0.974 bits per heavy atom. The van der Waals surface area contributed by atoms with Crippen LogP contribution in [0.3, 0.4) is 0 Å². The molecule has 0 radical (unpaired) electrons. The van der Waals surface area contributed by atoms with Gasteiger partial charge < -0.3 is 5.32 Å². The van der Waals surface area contributed by atoms with Crippen LogP contribution in [0.5, 0.6) is 0 Å². The molecule has 0 aliphatic heterocycles. The first-order valence-electron chi connectivity index (χ1n) is 10.7. The van der Waals surface area contributed by atoms with Gasteiger partial charge in [-0.25, -0.2) is 0 Å². The van der Waals surface area contributed by atoms with Crippen LogP contribution in [0, 0.1) is 0 Å². The third kappa shape index (κ3) is 9.71. The molecule has 0 fully saturated rings. The molecule has 2 rings (SSSR count). The van der Waals surface area contributed by atoms with Crippen molar-refractivity contribution in [1.82, 2.24) is 5.32 Å². The highest BCUT2D eigenvalue weighted by Gasteiger charge is 2.40. The van der Waals surface area contributed by atoms with Crippen LogP contribution in [0.1, 0.15) is 52.7 Å². The van der Waals surface area contributed by atoms with Crippen LogP contribution >= 0.6 is 39.1 Å². The van der Waals surface area contributed by atoms with E-state index in [9.17, 15) is 49.1 Å². The lowest BCUT2D eigenvalue weighted by molar-refractivity contribution is -0.152. The monoisotopic (exact) mass is 671 g/mol. The van der Waals surface area contributed by atoms with E-state index >= 15 is 0 Å². The minimum absolute atomic E-state index is 0.121. The molecule has 1 unspecified atom stereocenters. The predicted molar refractivity (Wildman–Crippen MR) is 131 cm³/mol. The van der Waals surface area contributed by atoms with Crippen molar-refractivity contribution in [3.05, 3.63) is 73.2 Å². The largest absolute Gasteiger partial charge is 0.417 e. The zero-order valence-electron chi connectivity index (χ0n) is 19.5. The summed E-state index contributed by atoms with van der Waals surface area (Å²) in [4.78, 5) is 23.9. The fourth-order valence-electron chi connectivity index (χ4n) is 3.46. The maximum Gasteiger partial charge on any atom is 0.417 e. The number of rotatable bonds is 8. The summed E-state index contributed by atoms with van der Waals surface area (Å²) < 4.78 is 119. The molecule has 0 bridgehead atoms. The third-order valence-corrected chi connectivity index (χ3v) is 7.01. The Morgan fingerprint density at radius 3 is 2.03 bits per heavy atom. The van der Waals surface area contributed by atoms with Gasteiger partial charge >= 0.3 is 18.5 Å². The summed E-state index contributed by atoms with van der Waals surface area (Å²) in [6.07, 6.45) is -16.0. The average Bonchev–Trinajstić information content (AvgIpc) is 2.74. The Kier molecular flexibility index (Phi) is 10.6. The summed E-state index contributed by atoms with van der Waals surface area (Å²) in [5, 5.41) is 1.79. The fraction of sp³-hybridized carbons (Fsp3) is 0.333. The number of Topliss-reactive ketones (excluding diaryl/α,β-unsaturated/α-hetero) is 1. The fourth-order valence-corrected chi connectivity index (χ4v) is 4.19. The summed E-state index contributed by atoms with van der Waals surface area (Å²) in [6.45, 7) is 1.13. The molecule has 1 N–H and O–H groups in total. The number of ketones is 1. The number of nitrogens with one attached hydrogen (secondary N) is 1. The lowest BCUT2D eigenvalue weighted by atomic mass is 9.96. The number of allylic oxidation sites excluding steroid dienone is 1. The molecule has 0 saturated carbocycles. The highest BCUT2D eigenvalue weighted by atomic mass is 79.9. The molecule has 0 aliphatic rings. The van der Waals surface area contributed by atoms with Gasteiger partial charge in [0.2, 0.25) is 0 Å². The number of halogens is 12. The van der Waals surface area contributed by atoms with Gasteiger partial charge in [-0.1, -0.05) is 41.4 Å². The van der Waals surface area contributed by atoms with Crippen molar-refractivity contribution in [2.75, 3.05) is 0 Å². The quantitative estimate of drug-likeness (QED) is 0.225. The minimum atomic E-state index is -5.12. The molecule has 15 heteroatoms. The van der Waals surface area contributed by atoms with Crippen LogP contribution in [-0.4, -0.2) is 30.1 Å². The van der Waals surface area contributed by atoms with E-state index < -0.39 is 66.1 Å². The number of carbonyl (C=O) groups excluding carboxylic acids is 2. The molecule has 214 valence electrons. The predicted octanol–water partition coefficient (Wildman–Crippen LogP) is 9.16. The molecular weight excluding hydrogens is 656 g/mol. The van der Waals surface area contributed by atoms with Crippen molar-refractivity contribution < 1.29 is 49.1 Å². The number of alkyl halides is 9. The zero-order chi connectivity index (χ0) is 29.9. The van der Waals surface area contributed by atoms with Crippen LogP contribution in [-0.2, 0) is 11.0 Å². The SMILES string of the molecule is C[C@H](CC(=O)CC(F)(F)F)NC(=O)c1ccc(/C=C/C(c2cc(Cl)c(Br)c(Cl)c2)C(F)(F)F)cc1C(F)(F)F. The van der Waals surface area contributed by atoms with Gasteiger partial charge in [-0.15, -0.1) is 0 Å². The Balaban J connectivity index is 2.36. The number of carbonyl (C=O) groups is 2. The van der Waals surface area contributed by atoms with Crippen LogP contribution < -0.4 is 5.32 Å². The standard InChI is InChI=1S/C24H17BrCl2F9NO2/c1-11(6-14(38)10-22(28,29)30)37-21(39)15-4-2-12(7-17(15)24(34,35)36)3-5-16(23(31,32)33)13-8-18(26)20(25)19(27)9-13/h2-5,7-9,11,16H,6,10H2,1H3,(H,37,39)/b5-3+/t11-,16?/m1/s1. The van der Waals surface area contributed by atoms with Gasteiger partial charge in [-0.2, -0.15) is 39.5 Å². The van der Waals surface area contributed by atoms with E-state index in [0.717, 1.165) is 31.2 Å². The van der Waals surface area contributed by atoms with Crippen LogP contribution in [0.15, 0.2) is 40.9 Å². The van der Waals surface area contributed by atoms with E-state index in [4.69, 9.17) is 23.2 Å². The smallest absolute Gasteiger partial charge is 0.349 e. The van der Waals surface area contributed by atoms with Crippen LogP contribution in [0.4, 0.5) is 39.5 Å². The molecule has 0 heterocycles. The van der Waals surface area contributed by atoms with E-state index in [-0.39, 0.29) is 25.6 Å². The Morgan fingerprint density at radius 2 is 1.54 bits per heavy atom. The molecule has 0 saturated heterocycles. The second kappa shape index (κ2) is 12.5. The van der Waals surface area contributed by atoms with Crippen molar-refractivity contribution in [2.24, 2.45) is 0 Å². The molecule has 2 atom stereocenters. The van der Waals surface area contributed by atoms with Crippen molar-refractivity contribution in [3.63, 3.8) is 0 Å². The lowest BCUT2D eigenvalue weighted by Gasteiger charge is -2.19. The Hall–Kier alpha value is -2.25. The highest BCUT2D eigenvalue weighted by molar-refractivity contribution is 9.10. The number of amides is 1. The first-order valence-corrected chi connectivity index (χ1v) is 12.2. The van der Waals surface area contributed by atoms with E-state index in [1.54, 1.807) is 0 Å². The van der Waals surface area contributed by atoms with Crippen LogP contribution in [0.25, 0.3) is 6.08 Å².